The second-order valence-corrected chi connectivity index (χ2v) is 8.36. The number of hydrogen-bond acceptors (Lipinski definition) is 6. The molecular weight excluding hydrogens is 382 g/mol. The van der Waals surface area contributed by atoms with Crippen molar-refractivity contribution in [3.63, 3.8) is 0 Å². The predicted molar refractivity (Wildman–Crippen MR) is 105 cm³/mol. The summed E-state index contributed by atoms with van der Waals surface area (Å²) in [5.74, 6) is 1.25. The smallest absolute Gasteiger partial charge is 0.289 e. The molecule has 1 aromatic heterocycles. The molecule has 10 heteroatoms. The number of benzene rings is 2. The lowest BCUT2D eigenvalue weighted by Crippen LogP contribution is -2.27. The number of aromatic amines is 1. The molecule has 1 aliphatic heterocycles. The van der Waals surface area contributed by atoms with Crippen LogP contribution in [-0.2, 0) is 10.0 Å². The van der Waals surface area contributed by atoms with Crippen LogP contribution in [-0.4, -0.2) is 36.4 Å². The molecule has 0 radical (unpaired) electrons. The maximum atomic E-state index is 12.7. The van der Waals surface area contributed by atoms with Crippen molar-refractivity contribution >= 4 is 32.4 Å². The number of nitrogens with zero attached hydrogens (tertiary/aromatic N) is 2. The number of H-pyrrole nitrogens is 1. The van der Waals surface area contributed by atoms with E-state index in [0.29, 0.717) is 11.6 Å². The van der Waals surface area contributed by atoms with Gasteiger partial charge >= 0.3 is 0 Å². The lowest BCUT2D eigenvalue weighted by molar-refractivity contribution is -0.387. The number of imidazole rings is 1. The highest BCUT2D eigenvalue weighted by molar-refractivity contribution is 7.92. The van der Waals surface area contributed by atoms with E-state index >= 15 is 0 Å². The first-order chi connectivity index (χ1) is 13.4. The van der Waals surface area contributed by atoms with Gasteiger partial charge in [0.2, 0.25) is 0 Å². The molecule has 0 unspecified atom stereocenters. The van der Waals surface area contributed by atoms with Crippen LogP contribution >= 0.6 is 0 Å². The molecule has 9 nitrogen and oxygen atoms in total. The maximum absolute atomic E-state index is 12.7. The van der Waals surface area contributed by atoms with Crippen molar-refractivity contribution in [2.75, 3.05) is 17.8 Å². The number of piperidine rings is 1. The average molecular weight is 401 g/mol. The van der Waals surface area contributed by atoms with Crippen molar-refractivity contribution < 1.29 is 13.3 Å². The van der Waals surface area contributed by atoms with E-state index in [1.807, 2.05) is 0 Å². The molecule has 2 aromatic carbocycles. The normalized spacial score (nSPS) is 15.6. The Kier molecular flexibility index (Phi) is 4.73. The van der Waals surface area contributed by atoms with E-state index in [9.17, 15) is 18.5 Å². The highest BCUT2D eigenvalue weighted by Gasteiger charge is 2.25. The van der Waals surface area contributed by atoms with Gasteiger partial charge in [0.1, 0.15) is 5.82 Å². The third-order valence-electron chi connectivity index (χ3n) is 4.83. The second-order valence-electron chi connectivity index (χ2n) is 6.71. The van der Waals surface area contributed by atoms with Crippen LogP contribution in [0.2, 0.25) is 0 Å². The molecule has 1 aliphatic rings. The van der Waals surface area contributed by atoms with Crippen molar-refractivity contribution in [1.82, 2.24) is 15.3 Å². The minimum Gasteiger partial charge on any atom is -0.342 e. The fourth-order valence-corrected chi connectivity index (χ4v) is 4.65. The topological polar surface area (TPSA) is 130 Å². The van der Waals surface area contributed by atoms with E-state index in [-0.39, 0.29) is 4.90 Å². The van der Waals surface area contributed by atoms with Gasteiger partial charge in [0, 0.05) is 12.0 Å². The number of nitrogens with one attached hydrogen (secondary N) is 3. The minimum atomic E-state index is -4.11. The van der Waals surface area contributed by atoms with Gasteiger partial charge in [0.25, 0.3) is 15.7 Å². The van der Waals surface area contributed by atoms with Gasteiger partial charge in [0.05, 0.1) is 21.6 Å². The molecule has 0 amide bonds. The Morgan fingerprint density at radius 2 is 1.89 bits per heavy atom. The molecule has 1 saturated heterocycles. The number of para-hydroxylation sites is 1. The molecule has 3 aromatic rings. The van der Waals surface area contributed by atoms with E-state index < -0.39 is 20.6 Å². The largest absolute Gasteiger partial charge is 0.342 e. The summed E-state index contributed by atoms with van der Waals surface area (Å²) >= 11 is 0. The number of sulfonamides is 1. The molecule has 2 heterocycles. The number of hydrogen-bond donors (Lipinski definition) is 3. The van der Waals surface area contributed by atoms with Gasteiger partial charge in [-0.1, -0.05) is 12.1 Å². The lowest BCUT2D eigenvalue weighted by Gasteiger charge is -2.20. The Labute approximate surface area is 161 Å². The molecule has 0 bridgehead atoms. The lowest BCUT2D eigenvalue weighted by atomic mass is 9.98. The Morgan fingerprint density at radius 3 is 2.64 bits per heavy atom. The first-order valence-corrected chi connectivity index (χ1v) is 10.4. The van der Waals surface area contributed by atoms with Crippen molar-refractivity contribution in [2.24, 2.45) is 0 Å². The molecule has 0 spiro atoms. The average Bonchev–Trinajstić information content (AvgIpc) is 3.12. The zero-order valence-corrected chi connectivity index (χ0v) is 15.7. The fraction of sp³-hybridized carbons (Fsp3) is 0.278. The molecule has 146 valence electrons. The second kappa shape index (κ2) is 7.21. The highest BCUT2D eigenvalue weighted by atomic mass is 32.2. The maximum Gasteiger partial charge on any atom is 0.289 e. The molecule has 0 atom stereocenters. The highest BCUT2D eigenvalue weighted by Crippen LogP contribution is 2.28. The number of fused-ring (bicyclic) bond motifs is 1. The van der Waals surface area contributed by atoms with Crippen molar-refractivity contribution in [3.05, 3.63) is 58.4 Å². The minimum absolute atomic E-state index is 0.311. The summed E-state index contributed by atoms with van der Waals surface area (Å²) in [6.45, 7) is 1.89. The summed E-state index contributed by atoms with van der Waals surface area (Å²) in [4.78, 5) is 18.0. The van der Waals surface area contributed by atoms with Gasteiger partial charge in [0.15, 0.2) is 4.90 Å². The van der Waals surface area contributed by atoms with Crippen LogP contribution in [0.3, 0.4) is 0 Å². The third kappa shape index (κ3) is 3.56. The molecule has 3 N–H and O–H groups in total. The first kappa shape index (κ1) is 18.4. The SMILES string of the molecule is O=[N+]([O-])c1ccccc1S(=O)(=O)Nc1ccc2nc(C3CCNCC3)[nH]c2c1. The quantitative estimate of drug-likeness (QED) is 0.445. The van der Waals surface area contributed by atoms with E-state index in [1.54, 1.807) is 18.2 Å². The fourth-order valence-electron chi connectivity index (χ4n) is 3.43. The number of nitro groups is 1. The van der Waals surface area contributed by atoms with Crippen LogP contribution in [0, 0.1) is 10.1 Å². The Balaban J connectivity index is 1.63. The standard InChI is InChI=1S/C18H19N5O4S/c24-23(25)16-3-1-2-4-17(16)28(26,27)22-13-5-6-14-15(11-13)21-18(20-14)12-7-9-19-10-8-12/h1-6,11-12,19,22H,7-10H2,(H,20,21). The van der Waals surface area contributed by atoms with Crippen molar-refractivity contribution in [1.29, 1.82) is 0 Å². The zero-order valence-electron chi connectivity index (χ0n) is 14.9. The van der Waals surface area contributed by atoms with E-state index in [4.69, 9.17) is 0 Å². The molecule has 0 saturated carbocycles. The summed E-state index contributed by atoms with van der Waals surface area (Å²) in [5.41, 5.74) is 1.32. The number of anilines is 1. The van der Waals surface area contributed by atoms with Gasteiger partial charge in [-0.3, -0.25) is 14.8 Å². The molecule has 1 fully saturated rings. The molecule has 28 heavy (non-hydrogen) atoms. The van der Waals surface area contributed by atoms with E-state index in [0.717, 1.165) is 48.9 Å². The van der Waals surface area contributed by atoms with Crippen LogP contribution < -0.4 is 10.0 Å². The van der Waals surface area contributed by atoms with Crippen LogP contribution in [0.15, 0.2) is 47.4 Å². The predicted octanol–water partition coefficient (Wildman–Crippen LogP) is 2.74. The van der Waals surface area contributed by atoms with Crippen LogP contribution in [0.5, 0.6) is 0 Å². The Morgan fingerprint density at radius 1 is 1.14 bits per heavy atom. The number of rotatable bonds is 5. The summed E-state index contributed by atoms with van der Waals surface area (Å²) < 4.78 is 27.8. The number of nitro benzene ring substituents is 1. The summed E-state index contributed by atoms with van der Waals surface area (Å²) in [6.07, 6.45) is 1.99. The monoisotopic (exact) mass is 401 g/mol. The summed E-state index contributed by atoms with van der Waals surface area (Å²) in [5, 5.41) is 14.5. The van der Waals surface area contributed by atoms with Crippen LogP contribution in [0.4, 0.5) is 11.4 Å². The molecule has 0 aliphatic carbocycles. The van der Waals surface area contributed by atoms with Crippen LogP contribution in [0.25, 0.3) is 11.0 Å². The van der Waals surface area contributed by atoms with E-state index in [1.165, 1.54) is 18.2 Å². The van der Waals surface area contributed by atoms with Gasteiger partial charge < -0.3 is 10.3 Å². The molecule has 4 rings (SSSR count). The third-order valence-corrected chi connectivity index (χ3v) is 6.26. The molecular formula is C18H19N5O4S. The van der Waals surface area contributed by atoms with Gasteiger partial charge in [-0.05, 0) is 50.2 Å². The zero-order chi connectivity index (χ0) is 19.7. The van der Waals surface area contributed by atoms with Crippen LogP contribution in [0.1, 0.15) is 24.6 Å². The van der Waals surface area contributed by atoms with Gasteiger partial charge in [-0.2, -0.15) is 0 Å². The number of aromatic nitrogens is 2. The van der Waals surface area contributed by atoms with E-state index in [2.05, 4.69) is 20.0 Å². The summed E-state index contributed by atoms with van der Waals surface area (Å²) in [7, 11) is -4.11. The summed E-state index contributed by atoms with van der Waals surface area (Å²) in [6, 6.07) is 10.2. The Bertz CT molecular complexity index is 1140. The van der Waals surface area contributed by atoms with Crippen molar-refractivity contribution in [2.45, 2.75) is 23.7 Å². The van der Waals surface area contributed by atoms with Crippen molar-refractivity contribution in [3.8, 4) is 0 Å². The Hall–Kier alpha value is -2.98. The van der Waals surface area contributed by atoms with Gasteiger partial charge in [-0.25, -0.2) is 13.4 Å². The van der Waals surface area contributed by atoms with Gasteiger partial charge in [-0.15, -0.1) is 0 Å². The first-order valence-electron chi connectivity index (χ1n) is 8.91.